The zero-order valence-electron chi connectivity index (χ0n) is 15.2. The largest absolute Gasteiger partial charge is 0.437 e. The number of nitrogens with one attached hydrogen (secondary N) is 1. The fraction of sp³-hybridized carbons (Fsp3) is 0.0909. The van der Waals surface area contributed by atoms with Crippen LogP contribution in [0.3, 0.4) is 0 Å². The number of nitrogens with zero attached hydrogens (tertiary/aromatic N) is 1. The van der Waals surface area contributed by atoms with E-state index in [1.807, 2.05) is 31.2 Å². The smallest absolute Gasteiger partial charge is 0.255 e. The Labute approximate surface area is 166 Å². The molecule has 140 valence electrons. The molecule has 0 radical (unpaired) electrons. The standard InChI is InChI=1S/C22H16ClFN2O2/c1-12-4-3-5-14(10-12)16-11-17-18(21(27)25-2)19(28-22(17)26-20(16)23)13-6-8-15(24)9-7-13/h3-11H,1-2H3,(H,25,27). The predicted octanol–water partition coefficient (Wildman–Crippen LogP) is 5.62. The van der Waals surface area contributed by atoms with Gasteiger partial charge in [0.1, 0.15) is 16.7 Å². The number of aryl methyl sites for hydroxylation is 1. The highest BCUT2D eigenvalue weighted by molar-refractivity contribution is 6.32. The minimum Gasteiger partial charge on any atom is -0.437 e. The minimum atomic E-state index is -0.371. The third kappa shape index (κ3) is 3.14. The van der Waals surface area contributed by atoms with Crippen LogP contribution in [0, 0.1) is 12.7 Å². The molecule has 2 heterocycles. The normalized spacial score (nSPS) is 11.0. The number of hydrogen-bond acceptors (Lipinski definition) is 3. The van der Waals surface area contributed by atoms with Gasteiger partial charge in [0.25, 0.3) is 5.91 Å². The summed E-state index contributed by atoms with van der Waals surface area (Å²) in [6.45, 7) is 1.99. The van der Waals surface area contributed by atoms with Gasteiger partial charge in [-0.3, -0.25) is 4.79 Å². The van der Waals surface area contributed by atoms with Crippen LogP contribution in [0.1, 0.15) is 15.9 Å². The Balaban J connectivity index is 2.00. The second-order valence-electron chi connectivity index (χ2n) is 6.44. The van der Waals surface area contributed by atoms with Gasteiger partial charge >= 0.3 is 0 Å². The van der Waals surface area contributed by atoms with Crippen LogP contribution in [0.4, 0.5) is 4.39 Å². The van der Waals surface area contributed by atoms with Crippen LogP contribution in [-0.4, -0.2) is 17.9 Å². The first-order valence-electron chi connectivity index (χ1n) is 8.66. The number of hydrogen-bond donors (Lipinski definition) is 1. The lowest BCUT2D eigenvalue weighted by atomic mass is 10.0. The first-order valence-corrected chi connectivity index (χ1v) is 9.04. The number of amides is 1. The van der Waals surface area contributed by atoms with Crippen LogP contribution in [0.5, 0.6) is 0 Å². The summed E-state index contributed by atoms with van der Waals surface area (Å²) in [4.78, 5) is 17.0. The van der Waals surface area contributed by atoms with E-state index >= 15 is 0 Å². The lowest BCUT2D eigenvalue weighted by molar-refractivity contribution is 0.0964. The molecule has 0 atom stereocenters. The number of pyridine rings is 1. The van der Waals surface area contributed by atoms with E-state index < -0.39 is 0 Å². The maximum atomic E-state index is 13.3. The van der Waals surface area contributed by atoms with Crippen molar-refractivity contribution in [2.75, 3.05) is 7.05 Å². The summed E-state index contributed by atoms with van der Waals surface area (Å²) in [5.74, 6) is -0.374. The summed E-state index contributed by atoms with van der Waals surface area (Å²) in [7, 11) is 1.54. The maximum absolute atomic E-state index is 13.3. The van der Waals surface area contributed by atoms with Gasteiger partial charge in [0.2, 0.25) is 5.71 Å². The molecule has 2 aromatic carbocycles. The van der Waals surface area contributed by atoms with Crippen molar-refractivity contribution in [3.8, 4) is 22.5 Å². The summed E-state index contributed by atoms with van der Waals surface area (Å²) in [6, 6.07) is 15.4. The van der Waals surface area contributed by atoms with Crippen molar-refractivity contribution < 1.29 is 13.6 Å². The van der Waals surface area contributed by atoms with Gasteiger partial charge in [-0.05, 0) is 42.8 Å². The van der Waals surface area contributed by atoms with Crippen molar-refractivity contribution in [2.24, 2.45) is 0 Å². The van der Waals surface area contributed by atoms with Gasteiger partial charge < -0.3 is 9.73 Å². The van der Waals surface area contributed by atoms with E-state index in [2.05, 4.69) is 10.3 Å². The number of benzene rings is 2. The average Bonchev–Trinajstić information content (AvgIpc) is 3.05. The molecular weight excluding hydrogens is 379 g/mol. The molecule has 4 aromatic rings. The highest BCUT2D eigenvalue weighted by atomic mass is 35.5. The number of rotatable bonds is 3. The molecule has 0 aliphatic carbocycles. The van der Waals surface area contributed by atoms with Crippen LogP contribution >= 0.6 is 11.6 Å². The molecule has 6 heteroatoms. The Morgan fingerprint density at radius 2 is 1.86 bits per heavy atom. The van der Waals surface area contributed by atoms with Gasteiger partial charge in [-0.25, -0.2) is 9.37 Å². The third-order valence-corrected chi connectivity index (χ3v) is 4.81. The lowest BCUT2D eigenvalue weighted by Crippen LogP contribution is -2.18. The zero-order valence-corrected chi connectivity index (χ0v) is 16.0. The molecule has 1 amide bonds. The van der Waals surface area contributed by atoms with E-state index in [0.29, 0.717) is 27.8 Å². The molecule has 4 nitrogen and oxygen atoms in total. The van der Waals surface area contributed by atoms with Gasteiger partial charge in [-0.2, -0.15) is 0 Å². The average molecular weight is 395 g/mol. The van der Waals surface area contributed by atoms with Crippen LogP contribution in [0.25, 0.3) is 33.6 Å². The van der Waals surface area contributed by atoms with Crippen LogP contribution in [0.15, 0.2) is 59.0 Å². The molecule has 4 rings (SSSR count). The van der Waals surface area contributed by atoms with E-state index in [1.54, 1.807) is 25.2 Å². The fourth-order valence-corrected chi connectivity index (χ4v) is 3.41. The van der Waals surface area contributed by atoms with Crippen LogP contribution in [-0.2, 0) is 0 Å². The van der Waals surface area contributed by atoms with E-state index in [1.165, 1.54) is 12.1 Å². The number of furan rings is 1. The van der Waals surface area contributed by atoms with Crippen molar-refractivity contribution in [3.63, 3.8) is 0 Å². The molecule has 0 bridgehead atoms. The molecule has 28 heavy (non-hydrogen) atoms. The molecule has 0 saturated heterocycles. The summed E-state index contributed by atoms with van der Waals surface area (Å²) in [5, 5.41) is 3.45. The highest BCUT2D eigenvalue weighted by Gasteiger charge is 2.24. The molecule has 0 unspecified atom stereocenters. The van der Waals surface area contributed by atoms with Gasteiger partial charge in [0.15, 0.2) is 0 Å². The summed E-state index contributed by atoms with van der Waals surface area (Å²) in [6.07, 6.45) is 0. The number of aromatic nitrogens is 1. The first kappa shape index (κ1) is 18.2. The first-order chi connectivity index (χ1) is 13.5. The highest BCUT2D eigenvalue weighted by Crippen LogP contribution is 2.37. The Morgan fingerprint density at radius 3 is 2.54 bits per heavy atom. The second kappa shape index (κ2) is 7.09. The molecule has 1 N–H and O–H groups in total. The van der Waals surface area contributed by atoms with E-state index in [9.17, 15) is 9.18 Å². The monoisotopic (exact) mass is 394 g/mol. The molecular formula is C22H16ClFN2O2. The van der Waals surface area contributed by atoms with Gasteiger partial charge in [-0.1, -0.05) is 41.4 Å². The predicted molar refractivity (Wildman–Crippen MR) is 108 cm³/mol. The van der Waals surface area contributed by atoms with Crippen molar-refractivity contribution in [1.82, 2.24) is 10.3 Å². The molecule has 0 saturated carbocycles. The number of carbonyl (C=O) groups excluding carboxylic acids is 1. The molecule has 0 spiro atoms. The van der Waals surface area contributed by atoms with E-state index in [-0.39, 0.29) is 22.6 Å². The van der Waals surface area contributed by atoms with Crippen molar-refractivity contribution >= 4 is 28.6 Å². The quantitative estimate of drug-likeness (QED) is 0.458. The van der Waals surface area contributed by atoms with Gasteiger partial charge in [-0.15, -0.1) is 0 Å². The molecule has 0 aliphatic heterocycles. The Bertz CT molecular complexity index is 1200. The number of carbonyl (C=O) groups is 1. The van der Waals surface area contributed by atoms with E-state index in [4.69, 9.17) is 16.0 Å². The second-order valence-corrected chi connectivity index (χ2v) is 6.80. The number of fused-ring (bicyclic) bond motifs is 1. The van der Waals surface area contributed by atoms with Crippen LogP contribution in [0.2, 0.25) is 5.15 Å². The Kier molecular flexibility index (Phi) is 4.61. The molecule has 2 aromatic heterocycles. The summed E-state index contributed by atoms with van der Waals surface area (Å²) in [5.41, 5.74) is 3.84. The van der Waals surface area contributed by atoms with Crippen molar-refractivity contribution in [2.45, 2.75) is 6.92 Å². The minimum absolute atomic E-state index is 0.249. The Morgan fingerprint density at radius 1 is 1.11 bits per heavy atom. The fourth-order valence-electron chi connectivity index (χ4n) is 3.17. The van der Waals surface area contributed by atoms with Crippen molar-refractivity contribution in [3.05, 3.63) is 76.7 Å². The zero-order chi connectivity index (χ0) is 19.8. The maximum Gasteiger partial charge on any atom is 0.255 e. The topological polar surface area (TPSA) is 55.1 Å². The summed E-state index contributed by atoms with van der Waals surface area (Å²) >= 11 is 6.41. The van der Waals surface area contributed by atoms with Gasteiger partial charge in [0, 0.05) is 18.2 Å². The summed E-state index contributed by atoms with van der Waals surface area (Å²) < 4.78 is 19.2. The SMILES string of the molecule is CNC(=O)c1c(-c2ccc(F)cc2)oc2nc(Cl)c(-c3cccc(C)c3)cc12. The molecule has 0 fully saturated rings. The Hall–Kier alpha value is -3.18. The van der Waals surface area contributed by atoms with E-state index in [0.717, 1.165) is 11.1 Å². The van der Waals surface area contributed by atoms with Gasteiger partial charge in [0.05, 0.1) is 10.9 Å². The number of halogens is 2. The lowest BCUT2D eigenvalue weighted by Gasteiger charge is -2.06. The van der Waals surface area contributed by atoms with Crippen LogP contribution < -0.4 is 5.32 Å². The van der Waals surface area contributed by atoms with Crippen molar-refractivity contribution in [1.29, 1.82) is 0 Å². The third-order valence-electron chi connectivity index (χ3n) is 4.53. The molecule has 0 aliphatic rings.